The van der Waals surface area contributed by atoms with Gasteiger partial charge in [0.25, 0.3) is 0 Å². The van der Waals surface area contributed by atoms with Crippen LogP contribution in [-0.4, -0.2) is 35.8 Å². The van der Waals surface area contributed by atoms with E-state index in [1.807, 2.05) is 0 Å². The second-order valence-electron chi connectivity index (χ2n) is 4.94. The van der Waals surface area contributed by atoms with Gasteiger partial charge in [0.2, 0.25) is 11.8 Å². The molecule has 1 saturated heterocycles. The molecule has 1 aliphatic carbocycles. The third kappa shape index (κ3) is 2.78. The van der Waals surface area contributed by atoms with Gasteiger partial charge in [-0.2, -0.15) is 0 Å². The standard InChI is InChI=1S/C14H17NO4/c1-2-9-19-12(16)7-8-15-13(17)10-5-3-4-6-11(10)14(15)18/h1,10-11H,3-9H2. The lowest BCUT2D eigenvalue weighted by Gasteiger charge is -2.19. The number of amides is 2. The molecule has 0 aromatic carbocycles. The van der Waals surface area contributed by atoms with Crippen molar-refractivity contribution in [2.75, 3.05) is 13.2 Å². The zero-order chi connectivity index (χ0) is 13.8. The van der Waals surface area contributed by atoms with Crippen molar-refractivity contribution in [2.24, 2.45) is 11.8 Å². The summed E-state index contributed by atoms with van der Waals surface area (Å²) in [5.74, 6) is 1.14. The minimum Gasteiger partial charge on any atom is -0.452 e. The molecule has 0 radical (unpaired) electrons. The fraction of sp³-hybridized carbons (Fsp3) is 0.643. The van der Waals surface area contributed by atoms with Gasteiger partial charge >= 0.3 is 5.97 Å². The van der Waals surface area contributed by atoms with Gasteiger partial charge < -0.3 is 4.74 Å². The molecule has 0 spiro atoms. The molecule has 0 aromatic rings. The van der Waals surface area contributed by atoms with E-state index in [-0.39, 0.29) is 43.2 Å². The number of fused-ring (bicyclic) bond motifs is 1. The van der Waals surface area contributed by atoms with Crippen LogP contribution in [0.25, 0.3) is 0 Å². The van der Waals surface area contributed by atoms with Crippen LogP contribution in [0.5, 0.6) is 0 Å². The van der Waals surface area contributed by atoms with E-state index < -0.39 is 5.97 Å². The van der Waals surface area contributed by atoms with Crippen LogP contribution < -0.4 is 0 Å². The van der Waals surface area contributed by atoms with Crippen molar-refractivity contribution < 1.29 is 19.1 Å². The van der Waals surface area contributed by atoms with E-state index >= 15 is 0 Å². The average molecular weight is 263 g/mol. The predicted octanol–water partition coefficient (Wildman–Crippen LogP) is 0.728. The van der Waals surface area contributed by atoms with E-state index in [4.69, 9.17) is 11.2 Å². The summed E-state index contributed by atoms with van der Waals surface area (Å²) in [6.07, 6.45) is 8.55. The van der Waals surface area contributed by atoms with Crippen LogP contribution in [0.3, 0.4) is 0 Å². The van der Waals surface area contributed by atoms with Crippen molar-refractivity contribution in [1.82, 2.24) is 4.90 Å². The van der Waals surface area contributed by atoms with Crippen molar-refractivity contribution in [2.45, 2.75) is 32.1 Å². The molecule has 5 heteroatoms. The van der Waals surface area contributed by atoms with E-state index in [0.717, 1.165) is 25.7 Å². The molecule has 2 atom stereocenters. The first-order valence-corrected chi connectivity index (χ1v) is 6.59. The molecule has 0 bridgehead atoms. The Morgan fingerprint density at radius 3 is 2.37 bits per heavy atom. The van der Waals surface area contributed by atoms with Crippen LogP contribution in [0.2, 0.25) is 0 Å². The smallest absolute Gasteiger partial charge is 0.308 e. The molecule has 19 heavy (non-hydrogen) atoms. The van der Waals surface area contributed by atoms with Gasteiger partial charge in [-0.05, 0) is 12.8 Å². The highest BCUT2D eigenvalue weighted by Gasteiger charge is 2.47. The maximum absolute atomic E-state index is 12.1. The van der Waals surface area contributed by atoms with Gasteiger partial charge in [0.1, 0.15) is 0 Å². The summed E-state index contributed by atoms with van der Waals surface area (Å²) < 4.78 is 4.72. The van der Waals surface area contributed by atoms with E-state index in [1.165, 1.54) is 4.90 Å². The molecule has 0 N–H and O–H groups in total. The predicted molar refractivity (Wildman–Crippen MR) is 66.6 cm³/mol. The summed E-state index contributed by atoms with van der Waals surface area (Å²) in [4.78, 5) is 36.7. The molecular formula is C14H17NO4. The normalized spacial score (nSPS) is 25.9. The highest BCUT2D eigenvalue weighted by Crippen LogP contribution is 2.37. The maximum atomic E-state index is 12.1. The molecule has 1 saturated carbocycles. The van der Waals surface area contributed by atoms with Crippen LogP contribution in [0.4, 0.5) is 0 Å². The quantitative estimate of drug-likeness (QED) is 0.426. The first-order chi connectivity index (χ1) is 9.15. The topological polar surface area (TPSA) is 63.7 Å². The van der Waals surface area contributed by atoms with Crippen LogP contribution in [-0.2, 0) is 19.1 Å². The van der Waals surface area contributed by atoms with E-state index in [1.54, 1.807) is 0 Å². The third-order valence-electron chi connectivity index (χ3n) is 3.79. The van der Waals surface area contributed by atoms with Crippen LogP contribution in [0.15, 0.2) is 0 Å². The summed E-state index contributed by atoms with van der Waals surface area (Å²) >= 11 is 0. The second-order valence-corrected chi connectivity index (χ2v) is 4.94. The largest absolute Gasteiger partial charge is 0.452 e. The van der Waals surface area contributed by atoms with Gasteiger partial charge in [-0.3, -0.25) is 19.3 Å². The minimum absolute atomic E-state index is 0.0125. The van der Waals surface area contributed by atoms with Crippen LogP contribution in [0, 0.1) is 24.2 Å². The Hall–Kier alpha value is -1.83. The van der Waals surface area contributed by atoms with Crippen LogP contribution >= 0.6 is 0 Å². The summed E-state index contributed by atoms with van der Waals surface area (Å²) in [6, 6.07) is 0. The highest BCUT2D eigenvalue weighted by atomic mass is 16.5. The minimum atomic E-state index is -0.478. The molecule has 2 rings (SSSR count). The van der Waals surface area contributed by atoms with E-state index in [9.17, 15) is 14.4 Å². The van der Waals surface area contributed by atoms with E-state index in [2.05, 4.69) is 5.92 Å². The van der Waals surface area contributed by atoms with Crippen molar-refractivity contribution in [3.8, 4) is 12.3 Å². The Bertz CT molecular complexity index is 413. The SMILES string of the molecule is C#CCOC(=O)CCN1C(=O)C2CCCCC2C1=O. The number of terminal acetylenes is 1. The average Bonchev–Trinajstić information content (AvgIpc) is 2.67. The number of imide groups is 1. The zero-order valence-corrected chi connectivity index (χ0v) is 10.8. The number of carbonyl (C=O) groups excluding carboxylic acids is 3. The van der Waals surface area contributed by atoms with Gasteiger partial charge in [-0.15, -0.1) is 6.42 Å². The van der Waals surface area contributed by atoms with Gasteiger partial charge in [0.05, 0.1) is 18.3 Å². The van der Waals surface area contributed by atoms with Crippen molar-refractivity contribution >= 4 is 17.8 Å². The maximum Gasteiger partial charge on any atom is 0.308 e. The number of hydrogen-bond donors (Lipinski definition) is 0. The van der Waals surface area contributed by atoms with Gasteiger partial charge in [-0.25, -0.2) is 0 Å². The summed E-state index contributed by atoms with van der Waals surface area (Å²) in [5, 5.41) is 0. The monoisotopic (exact) mass is 263 g/mol. The number of nitrogens with zero attached hydrogens (tertiary/aromatic N) is 1. The summed E-state index contributed by atoms with van der Waals surface area (Å²) in [7, 11) is 0. The number of hydrogen-bond acceptors (Lipinski definition) is 4. The van der Waals surface area contributed by atoms with Gasteiger partial charge in [0.15, 0.2) is 6.61 Å². The molecule has 1 heterocycles. The molecule has 0 aromatic heterocycles. The third-order valence-corrected chi connectivity index (χ3v) is 3.79. The number of likely N-dealkylation sites (tertiary alicyclic amines) is 1. The summed E-state index contributed by atoms with van der Waals surface area (Å²) in [6.45, 7) is 0.0278. The molecule has 5 nitrogen and oxygen atoms in total. The Balaban J connectivity index is 1.90. The Kier molecular flexibility index (Phi) is 4.20. The number of ether oxygens (including phenoxy) is 1. The molecule has 2 unspecified atom stereocenters. The van der Waals surface area contributed by atoms with E-state index in [0.29, 0.717) is 0 Å². The Labute approximate surface area is 112 Å². The van der Waals surface area contributed by atoms with Crippen molar-refractivity contribution in [3.05, 3.63) is 0 Å². The Morgan fingerprint density at radius 1 is 1.26 bits per heavy atom. The zero-order valence-electron chi connectivity index (χ0n) is 10.8. The fourth-order valence-electron chi connectivity index (χ4n) is 2.85. The number of esters is 1. The lowest BCUT2D eigenvalue weighted by molar-refractivity contribution is -0.144. The number of carbonyl (C=O) groups is 3. The number of rotatable bonds is 4. The fourth-order valence-corrected chi connectivity index (χ4v) is 2.85. The van der Waals surface area contributed by atoms with Crippen LogP contribution in [0.1, 0.15) is 32.1 Å². The molecule has 2 amide bonds. The lowest BCUT2D eigenvalue weighted by Crippen LogP contribution is -2.33. The van der Waals surface area contributed by atoms with Crippen molar-refractivity contribution in [3.63, 3.8) is 0 Å². The molecule has 2 aliphatic rings. The summed E-state index contributed by atoms with van der Waals surface area (Å²) in [5.41, 5.74) is 0. The van der Waals surface area contributed by atoms with Gasteiger partial charge in [0, 0.05) is 6.54 Å². The first-order valence-electron chi connectivity index (χ1n) is 6.59. The Morgan fingerprint density at radius 2 is 1.84 bits per heavy atom. The van der Waals surface area contributed by atoms with Crippen molar-refractivity contribution in [1.29, 1.82) is 0 Å². The molecule has 102 valence electrons. The second kappa shape index (κ2) is 5.87. The van der Waals surface area contributed by atoms with Gasteiger partial charge in [-0.1, -0.05) is 18.8 Å². The molecule has 1 aliphatic heterocycles. The highest BCUT2D eigenvalue weighted by molar-refractivity contribution is 6.05. The first kappa shape index (κ1) is 13.6. The molecular weight excluding hydrogens is 246 g/mol. The lowest BCUT2D eigenvalue weighted by atomic mass is 9.81. The molecule has 2 fully saturated rings.